The van der Waals surface area contributed by atoms with Crippen molar-refractivity contribution in [1.29, 1.82) is 0 Å². The van der Waals surface area contributed by atoms with E-state index in [2.05, 4.69) is 20.8 Å². The summed E-state index contributed by atoms with van der Waals surface area (Å²) >= 11 is 0. The fourth-order valence-corrected chi connectivity index (χ4v) is 2.24. The Balaban J connectivity index is 2.10. The van der Waals surface area contributed by atoms with Gasteiger partial charge in [0.2, 0.25) is 0 Å². The maximum atomic E-state index is 12.2. The number of hydrogen-bond donors (Lipinski definition) is 2. The van der Waals surface area contributed by atoms with Gasteiger partial charge in [-0.2, -0.15) is 0 Å². The van der Waals surface area contributed by atoms with Crippen LogP contribution in [-0.4, -0.2) is 47.6 Å². The van der Waals surface area contributed by atoms with Gasteiger partial charge in [0.05, 0.1) is 17.8 Å². The van der Waals surface area contributed by atoms with Crippen LogP contribution in [0.3, 0.4) is 0 Å². The third kappa shape index (κ3) is 5.30. The minimum atomic E-state index is -0.556. The van der Waals surface area contributed by atoms with Gasteiger partial charge in [-0.15, -0.1) is 10.2 Å². The van der Waals surface area contributed by atoms with E-state index in [1.165, 1.54) is 0 Å². The zero-order chi connectivity index (χ0) is 19.2. The van der Waals surface area contributed by atoms with E-state index in [0.29, 0.717) is 24.3 Å². The quantitative estimate of drug-likeness (QED) is 0.603. The van der Waals surface area contributed by atoms with Crippen LogP contribution in [0.15, 0.2) is 24.3 Å². The molecule has 2 aromatic rings. The number of amides is 1. The van der Waals surface area contributed by atoms with Gasteiger partial charge in [0.25, 0.3) is 0 Å². The molecule has 8 heteroatoms. The number of alkyl carbamates (subject to hydrolysis) is 1. The predicted molar refractivity (Wildman–Crippen MR) is 98.2 cm³/mol. The highest BCUT2D eigenvalue weighted by Crippen LogP contribution is 2.24. The molecule has 140 valence electrons. The summed E-state index contributed by atoms with van der Waals surface area (Å²) in [6, 6.07) is 7.34. The molecule has 0 atom stereocenters. The molecule has 2 rings (SSSR count). The number of nitrogens with one attached hydrogen (secondary N) is 2. The Morgan fingerprint density at radius 2 is 1.85 bits per heavy atom. The van der Waals surface area contributed by atoms with Crippen LogP contribution in [-0.2, 0) is 9.47 Å². The maximum Gasteiger partial charge on any atom is 0.407 e. The second kappa shape index (κ2) is 8.46. The van der Waals surface area contributed by atoms with Crippen LogP contribution < -0.4 is 10.6 Å². The molecule has 0 unspecified atom stereocenters. The Hall–Kier alpha value is -2.90. The number of fused-ring (bicyclic) bond motifs is 1. The molecule has 0 fully saturated rings. The number of rotatable bonds is 6. The van der Waals surface area contributed by atoms with Gasteiger partial charge < -0.3 is 20.1 Å². The fraction of sp³-hybridized carbons (Fsp3) is 0.444. The van der Waals surface area contributed by atoms with Crippen molar-refractivity contribution in [2.75, 3.05) is 25.0 Å². The van der Waals surface area contributed by atoms with Gasteiger partial charge in [-0.3, -0.25) is 0 Å². The molecule has 0 saturated carbocycles. The molecule has 0 radical (unpaired) electrons. The summed E-state index contributed by atoms with van der Waals surface area (Å²) in [5.41, 5.74) is 0.741. The lowest BCUT2D eigenvalue weighted by Crippen LogP contribution is -2.35. The predicted octanol–water partition coefficient (Wildman–Crippen LogP) is 2.74. The minimum Gasteiger partial charge on any atom is -0.461 e. The van der Waals surface area contributed by atoms with Crippen molar-refractivity contribution in [2.24, 2.45) is 0 Å². The van der Waals surface area contributed by atoms with Crippen LogP contribution in [0.25, 0.3) is 10.9 Å². The van der Waals surface area contributed by atoms with E-state index < -0.39 is 17.7 Å². The first-order chi connectivity index (χ1) is 12.3. The van der Waals surface area contributed by atoms with Crippen molar-refractivity contribution in [3.05, 3.63) is 30.0 Å². The van der Waals surface area contributed by atoms with Crippen LogP contribution in [0.4, 0.5) is 10.5 Å². The topological polar surface area (TPSA) is 102 Å². The number of hydrogen-bond acceptors (Lipinski definition) is 7. The Morgan fingerprint density at radius 3 is 2.54 bits per heavy atom. The van der Waals surface area contributed by atoms with E-state index in [4.69, 9.17) is 9.47 Å². The molecular weight excluding hydrogens is 336 g/mol. The van der Waals surface area contributed by atoms with E-state index in [1.54, 1.807) is 33.8 Å². The smallest absolute Gasteiger partial charge is 0.407 e. The summed E-state index contributed by atoms with van der Waals surface area (Å²) in [4.78, 5) is 23.8. The van der Waals surface area contributed by atoms with Gasteiger partial charge in [0.15, 0.2) is 5.69 Å². The summed E-state index contributed by atoms with van der Waals surface area (Å²) in [6.07, 6.45) is -0.498. The zero-order valence-electron chi connectivity index (χ0n) is 15.5. The number of carbonyl (C=O) groups excluding carboxylic acids is 2. The molecular formula is C18H24N4O4. The average Bonchev–Trinajstić information content (AvgIpc) is 2.57. The first-order valence-corrected chi connectivity index (χ1v) is 8.45. The molecule has 1 heterocycles. The Kier molecular flexibility index (Phi) is 6.32. The number of esters is 1. The van der Waals surface area contributed by atoms with Crippen molar-refractivity contribution < 1.29 is 19.1 Å². The Labute approximate surface area is 152 Å². The average molecular weight is 360 g/mol. The number of benzene rings is 1. The Bertz CT molecular complexity index is 786. The molecule has 0 aliphatic heterocycles. The molecule has 1 aromatic carbocycles. The van der Waals surface area contributed by atoms with Gasteiger partial charge in [0.1, 0.15) is 5.60 Å². The van der Waals surface area contributed by atoms with Gasteiger partial charge in [-0.05, 0) is 33.8 Å². The molecule has 1 aromatic heterocycles. The summed E-state index contributed by atoms with van der Waals surface area (Å²) in [5, 5.41) is 14.6. The minimum absolute atomic E-state index is 0.114. The molecule has 1 amide bonds. The van der Waals surface area contributed by atoms with E-state index >= 15 is 0 Å². The molecule has 26 heavy (non-hydrogen) atoms. The highest BCUT2D eigenvalue weighted by Gasteiger charge is 2.19. The number of nitrogens with zero attached hydrogens (tertiary/aromatic N) is 2. The monoisotopic (exact) mass is 360 g/mol. The molecule has 0 aliphatic rings. The standard InChI is InChI=1S/C18H24N4O4/c1-5-25-16(23)15-14(12-8-6-7-9-13(12)21-22-15)19-10-11-20-17(24)26-18(2,3)4/h6-9H,5,10-11H2,1-4H3,(H,19,21)(H,20,24). The van der Waals surface area contributed by atoms with Crippen molar-refractivity contribution >= 4 is 28.7 Å². The van der Waals surface area contributed by atoms with Crippen molar-refractivity contribution in [2.45, 2.75) is 33.3 Å². The van der Waals surface area contributed by atoms with Crippen molar-refractivity contribution in [3.63, 3.8) is 0 Å². The molecule has 0 aliphatic carbocycles. The SMILES string of the molecule is CCOC(=O)c1nnc2ccccc2c1NCCNC(=O)OC(C)(C)C. The second-order valence-electron chi connectivity index (χ2n) is 6.52. The lowest BCUT2D eigenvalue weighted by atomic mass is 10.1. The summed E-state index contributed by atoms with van der Waals surface area (Å²) in [5.74, 6) is -0.548. The third-order valence-electron chi connectivity index (χ3n) is 3.23. The Morgan fingerprint density at radius 1 is 1.12 bits per heavy atom. The summed E-state index contributed by atoms with van der Waals surface area (Å²) in [7, 11) is 0. The van der Waals surface area contributed by atoms with Crippen LogP contribution >= 0.6 is 0 Å². The first kappa shape index (κ1) is 19.4. The van der Waals surface area contributed by atoms with Crippen LogP contribution in [0, 0.1) is 0 Å². The third-order valence-corrected chi connectivity index (χ3v) is 3.23. The first-order valence-electron chi connectivity index (χ1n) is 8.45. The van der Waals surface area contributed by atoms with Crippen molar-refractivity contribution in [3.8, 4) is 0 Å². The lowest BCUT2D eigenvalue weighted by molar-refractivity contribution is 0.0511. The largest absolute Gasteiger partial charge is 0.461 e. The van der Waals surface area contributed by atoms with Crippen LogP contribution in [0.5, 0.6) is 0 Å². The number of anilines is 1. The zero-order valence-corrected chi connectivity index (χ0v) is 15.5. The molecule has 0 spiro atoms. The van der Waals surface area contributed by atoms with Gasteiger partial charge in [0, 0.05) is 18.5 Å². The second-order valence-corrected chi connectivity index (χ2v) is 6.52. The van der Waals surface area contributed by atoms with E-state index in [9.17, 15) is 9.59 Å². The molecule has 0 saturated heterocycles. The number of carbonyl (C=O) groups is 2. The van der Waals surface area contributed by atoms with E-state index in [0.717, 1.165) is 5.39 Å². The van der Waals surface area contributed by atoms with Gasteiger partial charge in [-0.1, -0.05) is 18.2 Å². The van der Waals surface area contributed by atoms with E-state index in [1.807, 2.05) is 18.2 Å². The number of aromatic nitrogens is 2. The molecule has 8 nitrogen and oxygen atoms in total. The molecule has 2 N–H and O–H groups in total. The fourth-order valence-electron chi connectivity index (χ4n) is 2.24. The molecule has 0 bridgehead atoms. The normalized spacial score (nSPS) is 11.1. The van der Waals surface area contributed by atoms with Crippen LogP contribution in [0.2, 0.25) is 0 Å². The summed E-state index contributed by atoms with van der Waals surface area (Å²) in [6.45, 7) is 8.05. The summed E-state index contributed by atoms with van der Waals surface area (Å²) < 4.78 is 10.2. The van der Waals surface area contributed by atoms with Crippen LogP contribution in [0.1, 0.15) is 38.2 Å². The highest BCUT2D eigenvalue weighted by atomic mass is 16.6. The maximum absolute atomic E-state index is 12.2. The highest BCUT2D eigenvalue weighted by molar-refractivity contribution is 6.03. The lowest BCUT2D eigenvalue weighted by Gasteiger charge is -2.20. The van der Waals surface area contributed by atoms with Gasteiger partial charge in [-0.25, -0.2) is 9.59 Å². The van der Waals surface area contributed by atoms with E-state index in [-0.39, 0.29) is 12.3 Å². The van der Waals surface area contributed by atoms with Crippen molar-refractivity contribution in [1.82, 2.24) is 15.5 Å². The van der Waals surface area contributed by atoms with Gasteiger partial charge >= 0.3 is 12.1 Å². The number of ether oxygens (including phenoxy) is 2.